The van der Waals surface area contributed by atoms with Crippen LogP contribution in [0.5, 0.6) is 23.0 Å². The highest BCUT2D eigenvalue weighted by Gasteiger charge is 2.56. The van der Waals surface area contributed by atoms with E-state index in [1.165, 1.54) is 44.2 Å². The van der Waals surface area contributed by atoms with Gasteiger partial charge in [-0.2, -0.15) is 0 Å². The number of aliphatic hydroxyl groups is 11. The van der Waals surface area contributed by atoms with Crippen molar-refractivity contribution in [2.75, 3.05) is 33.5 Å². The minimum Gasteiger partial charge on any atom is -0.504 e. The van der Waals surface area contributed by atoms with Gasteiger partial charge in [-0.25, -0.2) is 9.59 Å². The Bertz CT molecular complexity index is 2570. The van der Waals surface area contributed by atoms with Crippen LogP contribution in [0, 0.1) is 5.92 Å². The van der Waals surface area contributed by atoms with Crippen LogP contribution in [0.1, 0.15) is 31.4 Å². The maximum Gasteiger partial charge on any atom is 0.337 e. The van der Waals surface area contributed by atoms with E-state index in [1.807, 2.05) is 0 Å². The van der Waals surface area contributed by atoms with E-state index in [4.69, 9.17) is 56.8 Å². The second-order valence-corrected chi connectivity index (χ2v) is 19.6. The van der Waals surface area contributed by atoms with Gasteiger partial charge >= 0.3 is 17.9 Å². The van der Waals surface area contributed by atoms with Crippen molar-refractivity contribution in [2.45, 2.75) is 156 Å². The highest BCUT2D eigenvalue weighted by atomic mass is 16.8. The van der Waals surface area contributed by atoms with Crippen LogP contribution in [0.25, 0.3) is 6.08 Å². The Kier molecular flexibility index (Phi) is 22.0. The summed E-state index contributed by atoms with van der Waals surface area (Å²) in [6, 6.07) is 7.35. The largest absolute Gasteiger partial charge is 0.504 e. The number of aromatic hydroxyl groups is 4. The molecule has 5 aliphatic heterocycles. The summed E-state index contributed by atoms with van der Waals surface area (Å²) in [5.41, 5.74) is 0.183. The molecule has 15 N–H and O–H groups in total. The molecule has 0 aromatic heterocycles. The van der Waals surface area contributed by atoms with Gasteiger partial charge in [-0.1, -0.05) is 18.2 Å². The van der Waals surface area contributed by atoms with E-state index >= 15 is 0 Å². The molecule has 2 aromatic carbocycles. The molecular formula is C52H68O30. The van der Waals surface area contributed by atoms with Crippen LogP contribution in [0.15, 0.2) is 66.0 Å². The van der Waals surface area contributed by atoms with Crippen LogP contribution in [0.3, 0.4) is 0 Å². The van der Waals surface area contributed by atoms with Gasteiger partial charge in [0.15, 0.2) is 60.4 Å². The van der Waals surface area contributed by atoms with E-state index in [0.717, 1.165) is 37.7 Å². The van der Waals surface area contributed by atoms with Crippen molar-refractivity contribution in [1.29, 1.82) is 0 Å². The van der Waals surface area contributed by atoms with E-state index < -0.39 is 209 Å². The molecule has 456 valence electrons. The molecule has 0 radical (unpaired) electrons. The number of aliphatic hydroxyl groups excluding tert-OH is 11. The van der Waals surface area contributed by atoms with Crippen LogP contribution in [0.2, 0.25) is 0 Å². The number of ether oxygens (including phenoxy) is 12. The van der Waals surface area contributed by atoms with Crippen molar-refractivity contribution in [2.24, 2.45) is 5.92 Å². The fourth-order valence-corrected chi connectivity index (χ4v) is 9.54. The van der Waals surface area contributed by atoms with Gasteiger partial charge in [-0.15, -0.1) is 0 Å². The summed E-state index contributed by atoms with van der Waals surface area (Å²) in [7, 11) is 1.02. The number of hydrogen-bond donors (Lipinski definition) is 15. The highest BCUT2D eigenvalue weighted by molar-refractivity contribution is 5.91. The number of methoxy groups -OCH3 is 1. The number of allylic oxidation sites excluding steroid dienone is 1. The molecule has 0 spiro atoms. The first-order valence-corrected chi connectivity index (χ1v) is 25.7. The van der Waals surface area contributed by atoms with Gasteiger partial charge in [-0.05, 0) is 61.7 Å². The average molecular weight is 1170 g/mol. The number of phenolic OH excluding ortho intramolecular Hbond substituents is 4. The summed E-state index contributed by atoms with van der Waals surface area (Å²) in [6.07, 6.45) is -35.1. The monoisotopic (exact) mass is 1170 g/mol. The molecule has 82 heavy (non-hydrogen) atoms. The number of carbonyl (C=O) groups is 3. The number of rotatable bonds is 20. The van der Waals surface area contributed by atoms with Crippen molar-refractivity contribution in [3.63, 3.8) is 0 Å². The Labute approximate surface area is 466 Å². The van der Waals surface area contributed by atoms with Crippen LogP contribution in [0.4, 0.5) is 0 Å². The number of carbonyl (C=O) groups excluding carboxylic acids is 3. The molecule has 22 atom stereocenters. The molecular weight excluding hydrogens is 1100 g/mol. The molecule has 4 fully saturated rings. The van der Waals surface area contributed by atoms with Crippen LogP contribution < -0.4 is 0 Å². The van der Waals surface area contributed by atoms with Crippen molar-refractivity contribution in [3.05, 3.63) is 77.1 Å². The zero-order chi connectivity index (χ0) is 59.9. The molecule has 0 bridgehead atoms. The Morgan fingerprint density at radius 2 is 1.20 bits per heavy atom. The van der Waals surface area contributed by atoms with Gasteiger partial charge in [0.25, 0.3) is 0 Å². The van der Waals surface area contributed by atoms with Gasteiger partial charge < -0.3 is 133 Å². The average Bonchev–Trinajstić information content (AvgIpc) is 2.93. The quantitative estimate of drug-likeness (QED) is 0.0195. The maximum atomic E-state index is 14.8. The first-order chi connectivity index (χ1) is 39.0. The topological polar surface area (TPSA) is 465 Å². The molecule has 2 aromatic rings. The van der Waals surface area contributed by atoms with E-state index in [0.29, 0.717) is 5.56 Å². The molecule has 30 nitrogen and oxygen atoms in total. The first-order valence-electron chi connectivity index (χ1n) is 25.7. The molecule has 5 aliphatic rings. The maximum absolute atomic E-state index is 14.8. The molecule has 30 heteroatoms. The van der Waals surface area contributed by atoms with Gasteiger partial charge in [0.1, 0.15) is 79.4 Å². The molecule has 5 heterocycles. The Hall–Kier alpha value is -5.69. The van der Waals surface area contributed by atoms with Crippen molar-refractivity contribution >= 4 is 24.0 Å². The van der Waals surface area contributed by atoms with Crippen molar-refractivity contribution < 1.29 is 148 Å². The molecule has 0 aliphatic carbocycles. The van der Waals surface area contributed by atoms with E-state index in [2.05, 4.69) is 0 Å². The summed E-state index contributed by atoms with van der Waals surface area (Å²) in [5, 5.41) is 157. The van der Waals surface area contributed by atoms with Crippen LogP contribution >= 0.6 is 0 Å². The molecule has 4 saturated heterocycles. The van der Waals surface area contributed by atoms with Gasteiger partial charge in [-0.3, -0.25) is 4.79 Å². The molecule has 0 amide bonds. The normalized spacial score (nSPS) is 37.4. The number of esters is 3. The molecule has 0 saturated carbocycles. The Morgan fingerprint density at radius 1 is 0.610 bits per heavy atom. The minimum absolute atomic E-state index is 0.0272. The molecule has 0 unspecified atom stereocenters. The van der Waals surface area contributed by atoms with Gasteiger partial charge in [0, 0.05) is 17.6 Å². The zero-order valence-corrected chi connectivity index (χ0v) is 44.0. The summed E-state index contributed by atoms with van der Waals surface area (Å²) in [5.74, 6) is -6.95. The van der Waals surface area contributed by atoms with Crippen molar-refractivity contribution in [3.8, 4) is 23.0 Å². The summed E-state index contributed by atoms with van der Waals surface area (Å²) in [4.78, 5) is 42.3. The number of benzene rings is 2. The standard InChI is InChI=1S/C52H68O30/c1-4-23-24(25(47(70)71-3)18-73-48(23)82-51-43(69)40(66)37(63)31(17-54)77-51)15-34(60)80-46-45(81-50-42(68)38(64)35(61)20(2)75-50)44(79-33(59)10-7-21-5-8-26(55)28(57)13-21)32(19-74-49-41(67)39(65)36(62)30(16-53)76-49)78-52(46)72-12-11-22-6-9-27(56)29(58)14-22/h4-10,13-14,18,20,24,30-32,35-46,48-58,61-69H,11-12,15-17,19H2,1-3H3/t20-,24-,30+,31+,32-,35-,36+,37+,38-,39+,40+,41-,42-,43+,44+,45+,46+,48-,49-,50-,51-,52-/m1/s1. The minimum atomic E-state index is -2.11. The third-order valence-corrected chi connectivity index (χ3v) is 14.2. The second-order valence-electron chi connectivity index (χ2n) is 19.6. The second kappa shape index (κ2) is 28.3. The lowest BCUT2D eigenvalue weighted by Gasteiger charge is -2.48. The van der Waals surface area contributed by atoms with E-state index in [-0.39, 0.29) is 23.1 Å². The van der Waals surface area contributed by atoms with E-state index in [9.17, 15) is 91.0 Å². The Morgan fingerprint density at radius 3 is 1.80 bits per heavy atom. The predicted molar refractivity (Wildman–Crippen MR) is 265 cm³/mol. The lowest BCUT2D eigenvalue weighted by Crippen LogP contribution is -2.66. The lowest BCUT2D eigenvalue weighted by atomic mass is 9.86. The summed E-state index contributed by atoms with van der Waals surface area (Å²) >= 11 is 0. The highest BCUT2D eigenvalue weighted by Crippen LogP contribution is 2.39. The van der Waals surface area contributed by atoms with Crippen LogP contribution in [-0.4, -0.2) is 257 Å². The van der Waals surface area contributed by atoms with E-state index in [1.54, 1.807) is 0 Å². The fraction of sp³-hybridized carbons (Fsp3) is 0.596. The third kappa shape index (κ3) is 14.6. The first kappa shape index (κ1) is 63.9. The van der Waals surface area contributed by atoms with Crippen molar-refractivity contribution in [1.82, 2.24) is 0 Å². The third-order valence-electron chi connectivity index (χ3n) is 14.2. The number of phenols is 4. The van der Waals surface area contributed by atoms with Crippen LogP contribution in [-0.2, 0) is 77.6 Å². The summed E-state index contributed by atoms with van der Waals surface area (Å²) in [6.45, 7) is -0.215. The molecule has 7 rings (SSSR count). The predicted octanol–water partition coefficient (Wildman–Crippen LogP) is -4.46. The SMILES string of the molecule is CC=C1[C@@H](O[C@H]2O[C@@H](CO)[C@H](O)[C@H](O)[C@@H]2O)OC=C(C(=O)OC)[C@@H]1CC(=O)O[C@@H]1[C@H](OCCc2ccc(O)c(O)c2)O[C@H](CO[C@@H]2O[C@@H](CO)[C@H](O)[C@H](O)[C@H]2O)[C@H](OC(=O)C=Cc2ccc(O)c(O)c2)[C@@H]1O[C@H]1O[C@H](C)[C@@H](O)[C@@H](O)[C@H]1O. The van der Waals surface area contributed by atoms with Gasteiger partial charge in [0.2, 0.25) is 6.29 Å². The lowest BCUT2D eigenvalue weighted by molar-refractivity contribution is -0.364. The number of hydrogen-bond acceptors (Lipinski definition) is 30. The smallest absolute Gasteiger partial charge is 0.337 e. The Balaban J connectivity index is 1.29. The summed E-state index contributed by atoms with van der Waals surface area (Å²) < 4.78 is 70.4. The zero-order valence-electron chi connectivity index (χ0n) is 44.0. The van der Waals surface area contributed by atoms with Gasteiger partial charge in [0.05, 0.1) is 57.9 Å². The fourth-order valence-electron chi connectivity index (χ4n) is 9.54.